The van der Waals surface area contributed by atoms with Crippen LogP contribution < -0.4 is 10.7 Å². The van der Waals surface area contributed by atoms with Crippen molar-refractivity contribution in [3.8, 4) is 34.2 Å². The molecule has 0 unspecified atom stereocenters. The Bertz CT molecular complexity index is 2590. The number of aromatic nitrogens is 2. The minimum atomic E-state index is -1.06. The molecule has 6 bridgehead atoms. The highest BCUT2D eigenvalue weighted by molar-refractivity contribution is 5.97. The Labute approximate surface area is 395 Å². The maximum absolute atomic E-state index is 14.8. The van der Waals surface area contributed by atoms with Gasteiger partial charge in [-0.3, -0.25) is 34.0 Å². The molecular formula is C53H67N7O7. The Balaban J connectivity index is 1.28. The molecule has 2 aromatic heterocycles. The highest BCUT2D eigenvalue weighted by Gasteiger charge is 2.42. The summed E-state index contributed by atoms with van der Waals surface area (Å²) in [7, 11) is 3.30. The fourth-order valence-corrected chi connectivity index (χ4v) is 10.2. The van der Waals surface area contributed by atoms with Gasteiger partial charge >= 0.3 is 5.97 Å². The van der Waals surface area contributed by atoms with Gasteiger partial charge in [-0.15, -0.1) is 0 Å². The van der Waals surface area contributed by atoms with Crippen molar-refractivity contribution >= 4 is 40.5 Å². The van der Waals surface area contributed by atoms with Crippen molar-refractivity contribution in [2.24, 2.45) is 23.2 Å². The van der Waals surface area contributed by atoms with Crippen LogP contribution in [-0.4, -0.2) is 112 Å². The number of carbonyl (C=O) groups excluding carboxylic acids is 5. The van der Waals surface area contributed by atoms with E-state index >= 15 is 0 Å². The molecule has 2 aromatic carbocycles. The van der Waals surface area contributed by atoms with Crippen LogP contribution in [0.2, 0.25) is 0 Å². The summed E-state index contributed by atoms with van der Waals surface area (Å²) in [6.07, 6.45) is 3.28. The van der Waals surface area contributed by atoms with Gasteiger partial charge in [-0.2, -0.15) is 0 Å². The first-order valence-corrected chi connectivity index (χ1v) is 23.7. The maximum Gasteiger partial charge on any atom is 0.324 e. The number of methoxy groups -OCH3 is 1. The van der Waals surface area contributed by atoms with Gasteiger partial charge < -0.3 is 29.2 Å². The lowest BCUT2D eigenvalue weighted by Gasteiger charge is -2.37. The molecule has 14 nitrogen and oxygen atoms in total. The number of cyclic esters (lactones) is 1. The van der Waals surface area contributed by atoms with E-state index in [9.17, 15) is 24.0 Å². The van der Waals surface area contributed by atoms with Crippen molar-refractivity contribution in [1.82, 2.24) is 35.1 Å². The number of hydrazine groups is 1. The van der Waals surface area contributed by atoms with Gasteiger partial charge in [-0.05, 0) is 104 Å². The number of amides is 4. The standard InChI is InChI=1S/C53H67N7O7/c1-11-16-45(61)58-29-33(5)41(30-58)50(63)57(9)47(32(3)4)49(62)55-43-26-35-17-13-18-36(25-35)37-21-22-44-39(27-37)40(48(59(44)12-2)38-19-14-23-54-46(38)34(6)66-10)28-53(7,8)31-67-52(65)42-20-15-24-60(56-42)51(43)64/h13-14,17-19,21-23,25,27,32-34,41-43,47,56H,12,15,20,24,26,28-31H2,1-10H3,(H,55,62)/t33-,34-,41+,42-,43-,47-/m0/s1. The third kappa shape index (κ3) is 10.3. The predicted molar refractivity (Wildman–Crippen MR) is 258 cm³/mol. The van der Waals surface area contributed by atoms with Crippen molar-refractivity contribution in [2.75, 3.05) is 40.4 Å². The third-order valence-corrected chi connectivity index (χ3v) is 13.7. The number of likely N-dealkylation sites (N-methyl/N-ethyl adjacent to an activating group) is 1. The SMILES string of the molecule is CC#CC(=O)N1C[C@H](C)[C@H](C(=O)N(C)[C@H](C(=O)N[C@H]2Cc3cccc(c3)-c3ccc4c(c3)c(c(-c3cccnc3[C@H](C)OC)n4CC)CC(C)(C)COC(=O)[C@@H]3CCCN(N3)C2=O)C(C)C)C1. The summed E-state index contributed by atoms with van der Waals surface area (Å²) in [4.78, 5) is 78.0. The first-order valence-electron chi connectivity index (χ1n) is 23.7. The van der Waals surface area contributed by atoms with E-state index in [-0.39, 0.29) is 49.3 Å². The number of carbonyl (C=O) groups is 5. The normalized spacial score (nSPS) is 21.8. The molecule has 6 atom stereocenters. The Morgan fingerprint density at radius 2 is 1.82 bits per heavy atom. The lowest BCUT2D eigenvalue weighted by Crippen LogP contribution is -2.62. The first kappa shape index (κ1) is 48.9. The molecule has 7 rings (SSSR count). The second-order valence-corrected chi connectivity index (χ2v) is 19.7. The van der Waals surface area contributed by atoms with Gasteiger partial charge in [0.25, 0.3) is 11.8 Å². The van der Waals surface area contributed by atoms with Crippen molar-refractivity contribution in [1.29, 1.82) is 0 Å². The maximum atomic E-state index is 14.8. The molecule has 356 valence electrons. The number of esters is 1. The fourth-order valence-electron chi connectivity index (χ4n) is 10.2. The van der Waals surface area contributed by atoms with Crippen molar-refractivity contribution in [2.45, 2.75) is 112 Å². The second-order valence-electron chi connectivity index (χ2n) is 19.7. The zero-order chi connectivity index (χ0) is 48.3. The molecule has 2 saturated heterocycles. The lowest BCUT2D eigenvalue weighted by atomic mass is 9.84. The van der Waals surface area contributed by atoms with E-state index in [0.717, 1.165) is 50.1 Å². The van der Waals surface area contributed by atoms with E-state index < -0.39 is 47.2 Å². The van der Waals surface area contributed by atoms with E-state index in [4.69, 9.17) is 14.5 Å². The van der Waals surface area contributed by atoms with Gasteiger partial charge in [-0.25, -0.2) is 5.43 Å². The molecule has 4 aromatic rings. The van der Waals surface area contributed by atoms with Gasteiger partial charge in [0.15, 0.2) is 0 Å². The van der Waals surface area contributed by atoms with Gasteiger partial charge in [0, 0.05) is 74.8 Å². The summed E-state index contributed by atoms with van der Waals surface area (Å²) in [5.41, 5.74) is 10.5. The van der Waals surface area contributed by atoms with E-state index in [1.54, 1.807) is 32.2 Å². The molecule has 0 aliphatic carbocycles. The number of ether oxygens (including phenoxy) is 2. The third-order valence-electron chi connectivity index (χ3n) is 13.7. The number of rotatable bonds is 9. The zero-order valence-electron chi connectivity index (χ0n) is 40.8. The van der Waals surface area contributed by atoms with E-state index in [0.29, 0.717) is 38.9 Å². The molecule has 14 heteroatoms. The minimum Gasteiger partial charge on any atom is -0.464 e. The molecule has 2 fully saturated rings. The fraction of sp³-hybridized carbons (Fsp3) is 0.509. The molecule has 0 spiro atoms. The number of aryl methyl sites for hydroxylation is 1. The molecule has 5 heterocycles. The summed E-state index contributed by atoms with van der Waals surface area (Å²) in [5.74, 6) is 2.33. The van der Waals surface area contributed by atoms with Crippen molar-refractivity contribution in [3.05, 3.63) is 77.6 Å². The van der Waals surface area contributed by atoms with Crippen LogP contribution in [0, 0.1) is 35.0 Å². The summed E-state index contributed by atoms with van der Waals surface area (Å²) >= 11 is 0. The van der Waals surface area contributed by atoms with Crippen LogP contribution >= 0.6 is 0 Å². The Hall–Kier alpha value is -6.04. The second kappa shape index (κ2) is 20.4. The zero-order valence-corrected chi connectivity index (χ0v) is 40.8. The topological polar surface area (TPSA) is 155 Å². The lowest BCUT2D eigenvalue weighted by molar-refractivity contribution is -0.155. The van der Waals surface area contributed by atoms with Gasteiger partial charge in [0.2, 0.25) is 11.8 Å². The van der Waals surface area contributed by atoms with Crippen LogP contribution in [0.1, 0.15) is 91.2 Å². The molecule has 2 N–H and O–H groups in total. The number of hydrogen-bond acceptors (Lipinski definition) is 9. The first-order chi connectivity index (χ1) is 32.0. The minimum absolute atomic E-state index is 0.134. The van der Waals surface area contributed by atoms with Crippen LogP contribution in [0.25, 0.3) is 33.3 Å². The molecule has 0 saturated carbocycles. The van der Waals surface area contributed by atoms with Crippen molar-refractivity contribution < 1.29 is 33.4 Å². The molecule has 3 aliphatic heterocycles. The molecular weight excluding hydrogens is 847 g/mol. The van der Waals surface area contributed by atoms with Gasteiger partial charge in [0.05, 0.1) is 30.0 Å². The van der Waals surface area contributed by atoms with Crippen LogP contribution in [0.4, 0.5) is 0 Å². The van der Waals surface area contributed by atoms with Gasteiger partial charge in [-0.1, -0.05) is 70.9 Å². The molecule has 67 heavy (non-hydrogen) atoms. The molecule has 3 aliphatic rings. The van der Waals surface area contributed by atoms with Crippen LogP contribution in [0.15, 0.2) is 60.8 Å². The molecule has 0 radical (unpaired) electrons. The summed E-state index contributed by atoms with van der Waals surface area (Å²) in [6, 6.07) is 15.8. The van der Waals surface area contributed by atoms with E-state index in [2.05, 4.69) is 84.3 Å². The number of hydrogen-bond donors (Lipinski definition) is 2. The Morgan fingerprint density at radius 3 is 2.54 bits per heavy atom. The van der Waals surface area contributed by atoms with Crippen LogP contribution in [-0.2, 0) is 52.8 Å². The highest BCUT2D eigenvalue weighted by atomic mass is 16.5. The number of nitrogens with one attached hydrogen (secondary N) is 2. The number of pyridine rings is 1. The van der Waals surface area contributed by atoms with Crippen molar-refractivity contribution in [3.63, 3.8) is 0 Å². The smallest absolute Gasteiger partial charge is 0.324 e. The quantitative estimate of drug-likeness (QED) is 0.145. The predicted octanol–water partition coefficient (Wildman–Crippen LogP) is 6.35. The monoisotopic (exact) mass is 914 g/mol. The van der Waals surface area contributed by atoms with E-state index in [1.165, 1.54) is 9.91 Å². The number of fused-ring (bicyclic) bond motifs is 6. The number of likely N-dealkylation sites (tertiary alicyclic amines) is 1. The molecule has 4 amide bonds. The average molecular weight is 914 g/mol. The Kier molecular flexibility index (Phi) is 14.9. The number of nitrogens with zero attached hydrogens (tertiary/aromatic N) is 5. The summed E-state index contributed by atoms with van der Waals surface area (Å²) < 4.78 is 14.3. The van der Waals surface area contributed by atoms with E-state index in [1.807, 2.05) is 45.9 Å². The summed E-state index contributed by atoms with van der Waals surface area (Å²) in [5, 5.41) is 5.59. The highest BCUT2D eigenvalue weighted by Crippen LogP contribution is 2.42. The number of benzene rings is 2. The van der Waals surface area contributed by atoms with Crippen LogP contribution in [0.3, 0.4) is 0 Å². The summed E-state index contributed by atoms with van der Waals surface area (Å²) in [6.45, 7) is 17.4. The van der Waals surface area contributed by atoms with Gasteiger partial charge in [0.1, 0.15) is 18.1 Å². The average Bonchev–Trinajstić information content (AvgIpc) is 3.85. The largest absolute Gasteiger partial charge is 0.464 e. The van der Waals surface area contributed by atoms with Crippen LogP contribution in [0.5, 0.6) is 0 Å². The Morgan fingerprint density at radius 1 is 1.06 bits per heavy atom.